The molecule has 4 aliphatic carbocycles. The monoisotopic (exact) mass is 395 g/mol. The van der Waals surface area contributed by atoms with Gasteiger partial charge in [-0.1, -0.05) is 13.8 Å². The lowest BCUT2D eigenvalue weighted by atomic mass is 9.45. The molecular weight excluding hydrogens is 362 g/mol. The topological polar surface area (TPSA) is 56.3 Å². The molecule has 4 aliphatic rings. The highest BCUT2D eigenvalue weighted by molar-refractivity contribution is 5.89. The van der Waals surface area contributed by atoms with E-state index in [-0.39, 0.29) is 17.5 Å². The molecule has 1 aromatic rings. The molecule has 4 heteroatoms. The van der Waals surface area contributed by atoms with Crippen molar-refractivity contribution in [2.24, 2.45) is 34.5 Å². The van der Waals surface area contributed by atoms with Crippen molar-refractivity contribution in [1.82, 2.24) is 4.98 Å². The summed E-state index contributed by atoms with van der Waals surface area (Å²) in [5.74, 6) is 2.98. The maximum Gasteiger partial charge on any atom is 0.338 e. The number of nitrogens with zero attached hydrogens (tertiary/aromatic N) is 1. The molecular formula is C25H33NO3. The molecule has 0 aliphatic heterocycles. The zero-order valence-corrected chi connectivity index (χ0v) is 17.7. The second-order valence-electron chi connectivity index (χ2n) is 10.7. The Hall–Kier alpha value is -1.71. The molecule has 4 nitrogen and oxygen atoms in total. The number of carbonyl (C=O) groups is 2. The van der Waals surface area contributed by atoms with Crippen LogP contribution < -0.4 is 0 Å². The average Bonchev–Trinajstić information content (AvgIpc) is 3.05. The summed E-state index contributed by atoms with van der Waals surface area (Å²) in [6.45, 7) is 4.86. The van der Waals surface area contributed by atoms with E-state index in [2.05, 4.69) is 18.8 Å². The summed E-state index contributed by atoms with van der Waals surface area (Å²) in [5.41, 5.74) is 1.03. The summed E-state index contributed by atoms with van der Waals surface area (Å²) >= 11 is 0. The van der Waals surface area contributed by atoms with E-state index in [4.69, 9.17) is 4.74 Å². The molecule has 29 heavy (non-hydrogen) atoms. The summed E-state index contributed by atoms with van der Waals surface area (Å²) < 4.78 is 6.08. The van der Waals surface area contributed by atoms with Gasteiger partial charge < -0.3 is 4.74 Å². The Morgan fingerprint density at radius 1 is 1.00 bits per heavy atom. The van der Waals surface area contributed by atoms with Crippen LogP contribution in [0.5, 0.6) is 0 Å². The van der Waals surface area contributed by atoms with Crippen LogP contribution in [-0.2, 0) is 9.53 Å². The predicted octanol–water partition coefficient (Wildman–Crippen LogP) is 5.22. The van der Waals surface area contributed by atoms with Crippen molar-refractivity contribution >= 4 is 11.8 Å². The molecule has 7 atom stereocenters. The van der Waals surface area contributed by atoms with Crippen LogP contribution in [-0.4, -0.2) is 22.8 Å². The normalized spacial score (nSPS) is 43.8. The maximum atomic E-state index is 12.7. The van der Waals surface area contributed by atoms with Gasteiger partial charge in [0, 0.05) is 30.7 Å². The van der Waals surface area contributed by atoms with Gasteiger partial charge in [-0.3, -0.25) is 9.78 Å². The number of ketones is 1. The highest BCUT2D eigenvalue weighted by Crippen LogP contribution is 2.66. The van der Waals surface area contributed by atoms with Gasteiger partial charge in [0.2, 0.25) is 0 Å². The maximum absolute atomic E-state index is 12.7. The Balaban J connectivity index is 1.34. The van der Waals surface area contributed by atoms with Crippen LogP contribution in [0.15, 0.2) is 24.5 Å². The van der Waals surface area contributed by atoms with E-state index < -0.39 is 0 Å². The standard InChI is InChI=1S/C25H33NO3/c1-24-11-7-18(27)15-17(24)3-4-19-20-5-6-22(25(20,2)12-8-21(19)24)29-23(28)16-9-13-26-14-10-16/h9-10,13-14,17,19-22H,3-8,11-12,15H2,1-2H3/t17-,19?,20-,21-,22-,24-,25-/m0/s1. The van der Waals surface area contributed by atoms with E-state index in [1.165, 1.54) is 25.7 Å². The van der Waals surface area contributed by atoms with Crippen LogP contribution in [0, 0.1) is 34.5 Å². The summed E-state index contributed by atoms with van der Waals surface area (Å²) in [4.78, 5) is 28.8. The fraction of sp³-hybridized carbons (Fsp3) is 0.720. The summed E-state index contributed by atoms with van der Waals surface area (Å²) in [5, 5.41) is 0. The Kier molecular flexibility index (Phi) is 4.60. The zero-order valence-electron chi connectivity index (χ0n) is 17.7. The highest BCUT2D eigenvalue weighted by Gasteiger charge is 2.61. The highest BCUT2D eigenvalue weighted by atomic mass is 16.5. The Labute approximate surface area is 173 Å². The van der Waals surface area contributed by atoms with E-state index in [9.17, 15) is 9.59 Å². The molecule has 5 rings (SSSR count). The van der Waals surface area contributed by atoms with E-state index >= 15 is 0 Å². The van der Waals surface area contributed by atoms with Gasteiger partial charge in [0.15, 0.2) is 0 Å². The fourth-order valence-corrected chi connectivity index (χ4v) is 7.88. The molecule has 4 saturated carbocycles. The van der Waals surface area contributed by atoms with Crippen molar-refractivity contribution in [3.8, 4) is 0 Å². The molecule has 0 amide bonds. The number of hydrogen-bond acceptors (Lipinski definition) is 4. The van der Waals surface area contributed by atoms with E-state index in [0.29, 0.717) is 28.6 Å². The second-order valence-corrected chi connectivity index (χ2v) is 10.7. The molecule has 4 fully saturated rings. The number of aromatic nitrogens is 1. The fourth-order valence-electron chi connectivity index (χ4n) is 7.88. The molecule has 0 spiro atoms. The second kappa shape index (κ2) is 6.92. The Bertz CT molecular complexity index is 808. The minimum Gasteiger partial charge on any atom is -0.458 e. The number of pyridine rings is 1. The lowest BCUT2D eigenvalue weighted by molar-refractivity contribution is -0.142. The SMILES string of the molecule is C[C@]12CCC(=O)C[C@@H]1CCC1[C@@H]2CC[C@]2(C)[C@@H](OC(=O)c3ccncc3)CC[C@@H]12. The number of esters is 1. The van der Waals surface area contributed by atoms with Gasteiger partial charge in [0.05, 0.1) is 5.56 Å². The average molecular weight is 396 g/mol. The summed E-state index contributed by atoms with van der Waals surface area (Å²) in [7, 11) is 0. The van der Waals surface area contributed by atoms with Crippen molar-refractivity contribution in [2.75, 3.05) is 0 Å². The van der Waals surface area contributed by atoms with Crippen molar-refractivity contribution in [2.45, 2.75) is 77.7 Å². The minimum absolute atomic E-state index is 0.0209. The third-order valence-electron chi connectivity index (χ3n) is 9.56. The summed E-state index contributed by atoms with van der Waals surface area (Å²) in [6, 6.07) is 3.47. The number of ether oxygens (including phenoxy) is 1. The van der Waals surface area contributed by atoms with Crippen molar-refractivity contribution in [3.63, 3.8) is 0 Å². The van der Waals surface area contributed by atoms with Gasteiger partial charge in [-0.25, -0.2) is 4.79 Å². The predicted molar refractivity (Wildman–Crippen MR) is 110 cm³/mol. The molecule has 1 unspecified atom stereocenters. The smallest absolute Gasteiger partial charge is 0.338 e. The first-order valence-corrected chi connectivity index (χ1v) is 11.5. The number of hydrogen-bond donors (Lipinski definition) is 0. The summed E-state index contributed by atoms with van der Waals surface area (Å²) in [6.07, 6.45) is 13.0. The van der Waals surface area contributed by atoms with Crippen molar-refractivity contribution in [1.29, 1.82) is 0 Å². The van der Waals surface area contributed by atoms with Crippen molar-refractivity contribution < 1.29 is 14.3 Å². The molecule has 0 aromatic carbocycles. The lowest BCUT2D eigenvalue weighted by Crippen LogP contribution is -2.54. The first-order chi connectivity index (χ1) is 13.9. The van der Waals surface area contributed by atoms with E-state index in [1.54, 1.807) is 24.5 Å². The third kappa shape index (κ3) is 2.97. The van der Waals surface area contributed by atoms with Crippen LogP contribution in [0.3, 0.4) is 0 Å². The van der Waals surface area contributed by atoms with Crippen LogP contribution in [0.25, 0.3) is 0 Å². The Morgan fingerprint density at radius 3 is 2.55 bits per heavy atom. The molecule has 1 aromatic heterocycles. The van der Waals surface area contributed by atoms with Gasteiger partial charge in [-0.15, -0.1) is 0 Å². The van der Waals surface area contributed by atoms with Gasteiger partial charge in [0.1, 0.15) is 11.9 Å². The number of Topliss-reactive ketones (excluding diaryl/α,β-unsaturated/α-hetero) is 1. The van der Waals surface area contributed by atoms with Gasteiger partial charge in [-0.2, -0.15) is 0 Å². The molecule has 156 valence electrons. The van der Waals surface area contributed by atoms with Crippen molar-refractivity contribution in [3.05, 3.63) is 30.1 Å². The van der Waals surface area contributed by atoms with Gasteiger partial charge in [0.25, 0.3) is 0 Å². The minimum atomic E-state index is -0.206. The van der Waals surface area contributed by atoms with E-state index in [0.717, 1.165) is 43.9 Å². The van der Waals surface area contributed by atoms with Crippen LogP contribution >= 0.6 is 0 Å². The molecule has 0 saturated heterocycles. The largest absolute Gasteiger partial charge is 0.458 e. The molecule has 0 radical (unpaired) electrons. The van der Waals surface area contributed by atoms with Crippen LogP contribution in [0.2, 0.25) is 0 Å². The van der Waals surface area contributed by atoms with Crippen LogP contribution in [0.4, 0.5) is 0 Å². The van der Waals surface area contributed by atoms with Crippen LogP contribution in [0.1, 0.15) is 82.0 Å². The number of rotatable bonds is 2. The quantitative estimate of drug-likeness (QED) is 0.644. The number of fused-ring (bicyclic) bond motifs is 5. The number of carbonyl (C=O) groups excluding carboxylic acids is 2. The molecule has 0 bridgehead atoms. The lowest BCUT2D eigenvalue weighted by Gasteiger charge is -2.60. The molecule has 1 heterocycles. The van der Waals surface area contributed by atoms with Gasteiger partial charge >= 0.3 is 5.97 Å². The zero-order chi connectivity index (χ0) is 20.2. The first kappa shape index (κ1) is 19.3. The molecule has 0 N–H and O–H groups in total. The Morgan fingerprint density at radius 2 is 1.76 bits per heavy atom. The van der Waals surface area contributed by atoms with E-state index in [1.807, 2.05) is 0 Å². The first-order valence-electron chi connectivity index (χ1n) is 11.5. The third-order valence-corrected chi connectivity index (χ3v) is 9.56. The van der Waals surface area contributed by atoms with Gasteiger partial charge in [-0.05, 0) is 86.2 Å².